The third-order valence-electron chi connectivity index (χ3n) is 2.51. The Kier molecular flexibility index (Phi) is 3.87. The van der Waals surface area contributed by atoms with Crippen LogP contribution >= 0.6 is 0 Å². The maximum Gasteiger partial charge on any atom is 0.404 e. The van der Waals surface area contributed by atoms with Crippen molar-refractivity contribution in [1.82, 2.24) is 5.32 Å². The summed E-state index contributed by atoms with van der Waals surface area (Å²) in [7, 11) is 0. The highest BCUT2D eigenvalue weighted by molar-refractivity contribution is 5.64. The van der Waals surface area contributed by atoms with E-state index in [0.29, 0.717) is 17.2 Å². The van der Waals surface area contributed by atoms with Crippen molar-refractivity contribution < 1.29 is 14.6 Å². The fourth-order valence-electron chi connectivity index (χ4n) is 1.55. The number of hydrogen-bond acceptors (Lipinski definition) is 3. The number of nitrogens with two attached hydrogens (primary N) is 1. The number of benzene rings is 2. The van der Waals surface area contributed by atoms with Crippen molar-refractivity contribution in [2.24, 2.45) is 0 Å². The number of hydrogen-bond donors (Lipinski definition) is 3. The normalized spacial score (nSPS) is 9.89. The molecule has 0 fully saturated rings. The molecule has 0 aliphatic rings. The Morgan fingerprint density at radius 1 is 1.16 bits per heavy atom. The van der Waals surface area contributed by atoms with E-state index in [2.05, 4.69) is 5.32 Å². The largest absolute Gasteiger partial charge is 0.465 e. The Labute approximate surface area is 110 Å². The van der Waals surface area contributed by atoms with Crippen LogP contribution in [0.3, 0.4) is 0 Å². The lowest BCUT2D eigenvalue weighted by Crippen LogP contribution is -2.19. The molecule has 0 saturated carbocycles. The van der Waals surface area contributed by atoms with Gasteiger partial charge in [0, 0.05) is 6.54 Å². The van der Waals surface area contributed by atoms with E-state index in [0.717, 1.165) is 5.56 Å². The average molecular weight is 258 g/mol. The minimum absolute atomic E-state index is 0.267. The highest BCUT2D eigenvalue weighted by atomic mass is 16.5. The first-order chi connectivity index (χ1) is 9.15. The minimum atomic E-state index is -1.04. The summed E-state index contributed by atoms with van der Waals surface area (Å²) >= 11 is 0. The molecule has 0 saturated heterocycles. The van der Waals surface area contributed by atoms with Crippen LogP contribution in [0.5, 0.6) is 11.5 Å². The molecule has 0 unspecified atom stereocenters. The van der Waals surface area contributed by atoms with Gasteiger partial charge in [-0.3, -0.25) is 0 Å². The van der Waals surface area contributed by atoms with Gasteiger partial charge in [0.2, 0.25) is 0 Å². The molecule has 19 heavy (non-hydrogen) atoms. The van der Waals surface area contributed by atoms with E-state index < -0.39 is 6.09 Å². The number of ether oxygens (including phenoxy) is 1. The van der Waals surface area contributed by atoms with Gasteiger partial charge in [0.25, 0.3) is 0 Å². The van der Waals surface area contributed by atoms with Gasteiger partial charge in [-0.15, -0.1) is 0 Å². The smallest absolute Gasteiger partial charge is 0.404 e. The van der Waals surface area contributed by atoms with Crippen LogP contribution in [0.25, 0.3) is 0 Å². The molecule has 2 aromatic rings. The second kappa shape index (κ2) is 5.77. The number of rotatable bonds is 4. The maximum absolute atomic E-state index is 10.4. The molecule has 0 radical (unpaired) electrons. The molecule has 0 aliphatic carbocycles. The van der Waals surface area contributed by atoms with Gasteiger partial charge in [0.05, 0.1) is 5.69 Å². The summed E-state index contributed by atoms with van der Waals surface area (Å²) in [5.41, 5.74) is 7.20. The first kappa shape index (κ1) is 12.8. The lowest BCUT2D eigenvalue weighted by atomic mass is 10.2. The quantitative estimate of drug-likeness (QED) is 0.736. The predicted molar refractivity (Wildman–Crippen MR) is 72.2 cm³/mol. The molecule has 0 spiro atoms. The number of carboxylic acid groups (broad SMARTS) is 1. The summed E-state index contributed by atoms with van der Waals surface area (Å²) in [6.07, 6.45) is -1.04. The molecule has 2 aromatic carbocycles. The third-order valence-corrected chi connectivity index (χ3v) is 2.51. The summed E-state index contributed by atoms with van der Waals surface area (Å²) in [5, 5.41) is 10.8. The Bertz CT molecular complexity index is 567. The molecule has 1 amide bonds. The van der Waals surface area contributed by atoms with Gasteiger partial charge < -0.3 is 20.9 Å². The van der Waals surface area contributed by atoms with Crippen LogP contribution in [0, 0.1) is 0 Å². The van der Waals surface area contributed by atoms with E-state index in [1.54, 1.807) is 36.4 Å². The molecule has 0 bridgehead atoms. The molecule has 2 rings (SSSR count). The number of nitrogens with one attached hydrogen (secondary N) is 1. The fourth-order valence-corrected chi connectivity index (χ4v) is 1.55. The zero-order chi connectivity index (χ0) is 13.7. The van der Waals surface area contributed by atoms with Crippen molar-refractivity contribution in [3.05, 3.63) is 54.1 Å². The monoisotopic (exact) mass is 258 g/mol. The molecule has 0 atom stereocenters. The van der Waals surface area contributed by atoms with Crippen molar-refractivity contribution in [2.45, 2.75) is 6.54 Å². The number of nitrogen functional groups attached to an aromatic ring is 1. The van der Waals surface area contributed by atoms with E-state index >= 15 is 0 Å². The van der Waals surface area contributed by atoms with Gasteiger partial charge in [-0.1, -0.05) is 24.3 Å². The van der Waals surface area contributed by atoms with Crippen molar-refractivity contribution in [1.29, 1.82) is 0 Å². The third kappa shape index (κ3) is 3.64. The number of amides is 1. The Morgan fingerprint density at radius 2 is 1.84 bits per heavy atom. The first-order valence-corrected chi connectivity index (χ1v) is 5.73. The summed E-state index contributed by atoms with van der Waals surface area (Å²) in [4.78, 5) is 10.4. The summed E-state index contributed by atoms with van der Waals surface area (Å²) in [6, 6.07) is 14.4. The number of carbonyl (C=O) groups is 1. The van der Waals surface area contributed by atoms with Crippen LogP contribution in [0.2, 0.25) is 0 Å². The summed E-state index contributed by atoms with van der Waals surface area (Å²) in [6.45, 7) is 0.267. The van der Waals surface area contributed by atoms with Gasteiger partial charge in [-0.25, -0.2) is 4.79 Å². The first-order valence-electron chi connectivity index (χ1n) is 5.73. The van der Waals surface area contributed by atoms with Crippen LogP contribution in [0.15, 0.2) is 48.5 Å². The SMILES string of the molecule is Nc1ccccc1Oc1ccc(CNC(=O)O)cc1. The molecule has 98 valence electrons. The molecule has 4 N–H and O–H groups in total. The Morgan fingerprint density at radius 3 is 2.47 bits per heavy atom. The van der Waals surface area contributed by atoms with E-state index in [1.807, 2.05) is 12.1 Å². The maximum atomic E-state index is 10.4. The highest BCUT2D eigenvalue weighted by Gasteiger charge is 2.02. The second-order valence-electron chi connectivity index (χ2n) is 3.94. The molecule has 5 nitrogen and oxygen atoms in total. The average Bonchev–Trinajstić information content (AvgIpc) is 2.40. The molecule has 5 heteroatoms. The minimum Gasteiger partial charge on any atom is -0.465 e. The van der Waals surface area contributed by atoms with Crippen molar-refractivity contribution in [2.75, 3.05) is 5.73 Å². The standard InChI is InChI=1S/C14H14N2O3/c15-12-3-1-2-4-13(12)19-11-7-5-10(6-8-11)9-16-14(17)18/h1-8,16H,9,15H2,(H,17,18). The van der Waals surface area contributed by atoms with Crippen LogP contribution in [-0.2, 0) is 6.54 Å². The van der Waals surface area contributed by atoms with Crippen molar-refractivity contribution in [3.63, 3.8) is 0 Å². The van der Waals surface area contributed by atoms with E-state index in [4.69, 9.17) is 15.6 Å². The van der Waals surface area contributed by atoms with Gasteiger partial charge >= 0.3 is 6.09 Å². The lowest BCUT2D eigenvalue weighted by Gasteiger charge is -2.08. The van der Waals surface area contributed by atoms with Crippen molar-refractivity contribution >= 4 is 11.8 Å². The Balaban J connectivity index is 2.03. The van der Waals surface area contributed by atoms with E-state index in [-0.39, 0.29) is 6.54 Å². The summed E-state index contributed by atoms with van der Waals surface area (Å²) in [5.74, 6) is 1.25. The summed E-state index contributed by atoms with van der Waals surface area (Å²) < 4.78 is 5.63. The van der Waals surface area contributed by atoms with Gasteiger partial charge in [0.1, 0.15) is 11.5 Å². The van der Waals surface area contributed by atoms with Crippen molar-refractivity contribution in [3.8, 4) is 11.5 Å². The van der Waals surface area contributed by atoms with Crippen LogP contribution in [0.1, 0.15) is 5.56 Å². The lowest BCUT2D eigenvalue weighted by molar-refractivity contribution is 0.194. The van der Waals surface area contributed by atoms with Gasteiger partial charge in [0.15, 0.2) is 0 Å². The van der Waals surface area contributed by atoms with E-state index in [9.17, 15) is 4.79 Å². The Hall–Kier alpha value is -2.69. The van der Waals surface area contributed by atoms with Gasteiger partial charge in [-0.2, -0.15) is 0 Å². The molecule has 0 aliphatic heterocycles. The molecule has 0 aromatic heterocycles. The van der Waals surface area contributed by atoms with Crippen LogP contribution in [-0.4, -0.2) is 11.2 Å². The molecule has 0 heterocycles. The fraction of sp³-hybridized carbons (Fsp3) is 0.0714. The number of para-hydroxylation sites is 2. The van der Waals surface area contributed by atoms with Crippen LogP contribution < -0.4 is 15.8 Å². The molecular formula is C14H14N2O3. The van der Waals surface area contributed by atoms with Gasteiger partial charge in [-0.05, 0) is 29.8 Å². The predicted octanol–water partition coefficient (Wildman–Crippen LogP) is 2.83. The zero-order valence-electron chi connectivity index (χ0n) is 10.2. The van der Waals surface area contributed by atoms with Crippen LogP contribution in [0.4, 0.5) is 10.5 Å². The highest BCUT2D eigenvalue weighted by Crippen LogP contribution is 2.26. The second-order valence-corrected chi connectivity index (χ2v) is 3.94. The van der Waals surface area contributed by atoms with E-state index in [1.165, 1.54) is 0 Å². The topological polar surface area (TPSA) is 84.6 Å². The zero-order valence-corrected chi connectivity index (χ0v) is 10.2. The molecular weight excluding hydrogens is 244 g/mol. The number of anilines is 1.